The summed E-state index contributed by atoms with van der Waals surface area (Å²) in [5.41, 5.74) is 2.35. The Hall–Kier alpha value is -1.42. The van der Waals surface area contributed by atoms with Crippen LogP contribution in [0.15, 0.2) is 17.3 Å². The maximum Gasteiger partial charge on any atom is 0.129 e. The third-order valence-electron chi connectivity index (χ3n) is 3.06. The Kier molecular flexibility index (Phi) is 2.58. The predicted octanol–water partition coefficient (Wildman–Crippen LogP) is 1.57. The highest BCUT2D eigenvalue weighted by Crippen LogP contribution is 2.26. The highest BCUT2D eigenvalue weighted by Gasteiger charge is 2.14. The number of aromatic nitrogens is 1. The Bertz CT molecular complexity index is 411. The lowest BCUT2D eigenvalue weighted by Gasteiger charge is -2.28. The van der Waals surface area contributed by atoms with Gasteiger partial charge < -0.3 is 9.64 Å². The first-order valence-corrected chi connectivity index (χ1v) is 5.77. The predicted molar refractivity (Wildman–Crippen MR) is 63.7 cm³/mol. The SMILES string of the molecule is C1=Nc2cnc(N3CCOCC3)cc2CC1. The third-order valence-corrected chi connectivity index (χ3v) is 3.06. The van der Waals surface area contributed by atoms with E-state index >= 15 is 0 Å². The number of fused-ring (bicyclic) bond motifs is 1. The number of hydrogen-bond acceptors (Lipinski definition) is 4. The Morgan fingerprint density at radius 3 is 3.00 bits per heavy atom. The van der Waals surface area contributed by atoms with Crippen molar-refractivity contribution >= 4 is 17.7 Å². The van der Waals surface area contributed by atoms with Crippen LogP contribution in [0.1, 0.15) is 12.0 Å². The molecule has 4 heteroatoms. The van der Waals surface area contributed by atoms with Gasteiger partial charge in [0.2, 0.25) is 0 Å². The van der Waals surface area contributed by atoms with Crippen molar-refractivity contribution in [2.24, 2.45) is 4.99 Å². The van der Waals surface area contributed by atoms with Gasteiger partial charge in [-0.25, -0.2) is 4.98 Å². The van der Waals surface area contributed by atoms with Crippen LogP contribution in [0.25, 0.3) is 0 Å². The summed E-state index contributed by atoms with van der Waals surface area (Å²) in [6.07, 6.45) is 5.98. The molecule has 1 aromatic rings. The van der Waals surface area contributed by atoms with Crippen LogP contribution >= 0.6 is 0 Å². The quantitative estimate of drug-likeness (QED) is 0.716. The maximum atomic E-state index is 5.34. The minimum atomic E-state index is 0.802. The molecule has 16 heavy (non-hydrogen) atoms. The molecule has 0 spiro atoms. The summed E-state index contributed by atoms with van der Waals surface area (Å²) in [4.78, 5) is 11.1. The van der Waals surface area contributed by atoms with Crippen LogP contribution in [0, 0.1) is 0 Å². The second-order valence-electron chi connectivity index (χ2n) is 4.12. The van der Waals surface area contributed by atoms with Crippen molar-refractivity contribution in [3.63, 3.8) is 0 Å². The van der Waals surface area contributed by atoms with Gasteiger partial charge in [0, 0.05) is 19.3 Å². The van der Waals surface area contributed by atoms with Crippen LogP contribution in [0.5, 0.6) is 0 Å². The topological polar surface area (TPSA) is 37.7 Å². The van der Waals surface area contributed by atoms with Gasteiger partial charge in [0.05, 0.1) is 25.1 Å². The van der Waals surface area contributed by atoms with Crippen molar-refractivity contribution in [3.05, 3.63) is 17.8 Å². The fourth-order valence-corrected chi connectivity index (χ4v) is 2.14. The van der Waals surface area contributed by atoms with E-state index < -0.39 is 0 Å². The second-order valence-corrected chi connectivity index (χ2v) is 4.12. The molecule has 0 bridgehead atoms. The zero-order chi connectivity index (χ0) is 10.8. The molecular weight excluding hydrogens is 202 g/mol. The minimum absolute atomic E-state index is 0.802. The monoisotopic (exact) mass is 217 g/mol. The van der Waals surface area contributed by atoms with Gasteiger partial charge in [0.1, 0.15) is 5.82 Å². The third kappa shape index (κ3) is 1.80. The van der Waals surface area contributed by atoms with E-state index in [0.717, 1.165) is 50.7 Å². The zero-order valence-corrected chi connectivity index (χ0v) is 9.22. The Labute approximate surface area is 95.0 Å². The molecule has 0 saturated carbocycles. The molecule has 0 unspecified atom stereocenters. The molecule has 0 atom stereocenters. The average molecular weight is 217 g/mol. The van der Waals surface area contributed by atoms with Gasteiger partial charge in [0.25, 0.3) is 0 Å². The standard InChI is InChI=1S/C12H15N3O/c1-2-10-8-12(14-9-11(10)13-3-1)15-4-6-16-7-5-15/h3,8-9H,1-2,4-7H2. The highest BCUT2D eigenvalue weighted by atomic mass is 16.5. The summed E-state index contributed by atoms with van der Waals surface area (Å²) in [6, 6.07) is 2.18. The van der Waals surface area contributed by atoms with E-state index in [2.05, 4.69) is 20.9 Å². The number of hydrogen-bond donors (Lipinski definition) is 0. The Morgan fingerprint density at radius 1 is 1.25 bits per heavy atom. The fourth-order valence-electron chi connectivity index (χ4n) is 2.14. The maximum absolute atomic E-state index is 5.34. The molecule has 84 valence electrons. The van der Waals surface area contributed by atoms with Gasteiger partial charge in [-0.2, -0.15) is 0 Å². The van der Waals surface area contributed by atoms with Crippen molar-refractivity contribution in [2.75, 3.05) is 31.2 Å². The fraction of sp³-hybridized carbons (Fsp3) is 0.500. The number of aliphatic imine (C=N–C) groups is 1. The first-order chi connectivity index (χ1) is 7.93. The van der Waals surface area contributed by atoms with Crippen molar-refractivity contribution < 1.29 is 4.74 Å². The van der Waals surface area contributed by atoms with Crippen molar-refractivity contribution in [1.29, 1.82) is 0 Å². The molecule has 1 fully saturated rings. The van der Waals surface area contributed by atoms with Crippen LogP contribution < -0.4 is 4.90 Å². The van der Waals surface area contributed by atoms with Gasteiger partial charge in [0.15, 0.2) is 0 Å². The minimum Gasteiger partial charge on any atom is -0.378 e. The van der Waals surface area contributed by atoms with Crippen molar-refractivity contribution in [2.45, 2.75) is 12.8 Å². The molecule has 0 aromatic carbocycles. The van der Waals surface area contributed by atoms with E-state index in [9.17, 15) is 0 Å². The number of nitrogens with zero attached hydrogens (tertiary/aromatic N) is 3. The van der Waals surface area contributed by atoms with Gasteiger partial charge in [-0.3, -0.25) is 4.99 Å². The molecule has 0 aliphatic carbocycles. The molecule has 2 aliphatic heterocycles. The summed E-state index contributed by atoms with van der Waals surface area (Å²) < 4.78 is 5.34. The molecule has 3 rings (SSSR count). The first kappa shape index (κ1) is 9.78. The summed E-state index contributed by atoms with van der Waals surface area (Å²) in [5.74, 6) is 1.07. The molecule has 2 aliphatic rings. The van der Waals surface area contributed by atoms with E-state index in [4.69, 9.17) is 4.74 Å². The lowest BCUT2D eigenvalue weighted by Crippen LogP contribution is -2.36. The number of pyridine rings is 1. The number of aryl methyl sites for hydroxylation is 1. The second kappa shape index (κ2) is 4.22. The van der Waals surface area contributed by atoms with E-state index in [1.54, 1.807) is 0 Å². The highest BCUT2D eigenvalue weighted by molar-refractivity contribution is 5.69. The lowest BCUT2D eigenvalue weighted by atomic mass is 10.1. The van der Waals surface area contributed by atoms with Gasteiger partial charge in [-0.05, 0) is 24.5 Å². The number of morpholine rings is 1. The van der Waals surface area contributed by atoms with Crippen molar-refractivity contribution in [1.82, 2.24) is 4.98 Å². The molecule has 1 aromatic heterocycles. The van der Waals surface area contributed by atoms with Gasteiger partial charge in [-0.15, -0.1) is 0 Å². The number of rotatable bonds is 1. The zero-order valence-electron chi connectivity index (χ0n) is 9.22. The van der Waals surface area contributed by atoms with Crippen LogP contribution in [0.3, 0.4) is 0 Å². The van der Waals surface area contributed by atoms with Gasteiger partial charge in [-0.1, -0.05) is 0 Å². The van der Waals surface area contributed by atoms with Crippen LogP contribution in [0.2, 0.25) is 0 Å². The number of ether oxygens (including phenoxy) is 1. The van der Waals surface area contributed by atoms with Crippen LogP contribution in [0.4, 0.5) is 11.5 Å². The Morgan fingerprint density at radius 2 is 2.12 bits per heavy atom. The number of anilines is 1. The Balaban J connectivity index is 1.87. The summed E-state index contributed by atoms with van der Waals surface area (Å²) in [6.45, 7) is 3.48. The normalized spacial score (nSPS) is 19.6. The largest absolute Gasteiger partial charge is 0.378 e. The molecule has 0 N–H and O–H groups in total. The first-order valence-electron chi connectivity index (χ1n) is 5.77. The summed E-state index contributed by atoms with van der Waals surface area (Å²) >= 11 is 0. The average Bonchev–Trinajstić information content (AvgIpc) is 2.39. The van der Waals surface area contributed by atoms with Crippen LogP contribution in [-0.2, 0) is 11.2 Å². The van der Waals surface area contributed by atoms with E-state index in [1.165, 1.54) is 5.56 Å². The van der Waals surface area contributed by atoms with Gasteiger partial charge >= 0.3 is 0 Å². The summed E-state index contributed by atoms with van der Waals surface area (Å²) in [5, 5.41) is 0. The van der Waals surface area contributed by atoms with E-state index in [1.807, 2.05) is 12.4 Å². The summed E-state index contributed by atoms with van der Waals surface area (Å²) in [7, 11) is 0. The lowest BCUT2D eigenvalue weighted by molar-refractivity contribution is 0.122. The molecule has 3 heterocycles. The van der Waals surface area contributed by atoms with Crippen LogP contribution in [-0.4, -0.2) is 37.5 Å². The van der Waals surface area contributed by atoms with E-state index in [0.29, 0.717) is 0 Å². The molecular formula is C12H15N3O. The molecule has 4 nitrogen and oxygen atoms in total. The smallest absolute Gasteiger partial charge is 0.129 e. The van der Waals surface area contributed by atoms with Crippen molar-refractivity contribution in [3.8, 4) is 0 Å². The molecule has 1 saturated heterocycles. The molecule has 0 amide bonds. The van der Waals surface area contributed by atoms with E-state index in [-0.39, 0.29) is 0 Å². The molecule has 0 radical (unpaired) electrons.